The van der Waals surface area contributed by atoms with Crippen molar-refractivity contribution in [2.45, 2.75) is 30.0 Å². The molecule has 1 heterocycles. The van der Waals surface area contributed by atoms with E-state index in [1.54, 1.807) is 0 Å². The third-order valence-corrected chi connectivity index (χ3v) is 5.51. The second-order valence-corrected chi connectivity index (χ2v) is 7.15. The highest BCUT2D eigenvalue weighted by Gasteiger charge is 2.39. The minimum atomic E-state index is -4.47. The highest BCUT2D eigenvalue weighted by Crippen LogP contribution is 2.27. The number of carbonyl (C=O) groups is 1. The molecule has 0 spiro atoms. The first-order chi connectivity index (χ1) is 11.1. The van der Waals surface area contributed by atoms with E-state index in [0.29, 0.717) is 12.8 Å². The lowest BCUT2D eigenvalue weighted by Crippen LogP contribution is -2.44. The lowest BCUT2D eigenvalue weighted by Gasteiger charge is -2.22. The van der Waals surface area contributed by atoms with Gasteiger partial charge in [0.25, 0.3) is 0 Å². The van der Waals surface area contributed by atoms with Crippen LogP contribution in [0.15, 0.2) is 29.2 Å². The van der Waals surface area contributed by atoms with Gasteiger partial charge in [-0.15, -0.1) is 0 Å². The zero-order valence-corrected chi connectivity index (χ0v) is 13.7. The number of carbonyl (C=O) groups excluding carboxylic acids is 1. The number of hydrogen-bond acceptors (Lipinski definition) is 4. The molecule has 2 rings (SSSR count). The fraction of sp³-hybridized carbons (Fsp3) is 0.500. The molecule has 1 aromatic carbocycles. The van der Waals surface area contributed by atoms with Crippen LogP contribution in [-0.2, 0) is 14.8 Å². The second-order valence-electron chi connectivity index (χ2n) is 5.26. The summed E-state index contributed by atoms with van der Waals surface area (Å²) in [4.78, 5) is 11.7. The lowest BCUT2D eigenvalue weighted by molar-refractivity contribution is -0.153. The fourth-order valence-electron chi connectivity index (χ4n) is 2.46. The summed E-state index contributed by atoms with van der Waals surface area (Å²) in [7, 11) is -2.48. The highest BCUT2D eigenvalue weighted by atomic mass is 32.2. The summed E-state index contributed by atoms with van der Waals surface area (Å²) in [5.74, 6) is -0.475. The zero-order valence-electron chi connectivity index (χ0n) is 12.8. The molecule has 0 aromatic heterocycles. The van der Waals surface area contributed by atoms with Gasteiger partial charge in [0.1, 0.15) is 11.8 Å². The molecule has 1 atom stereocenters. The number of nitrogens with zero attached hydrogens (tertiary/aromatic N) is 1. The van der Waals surface area contributed by atoms with Crippen LogP contribution >= 0.6 is 0 Å². The van der Waals surface area contributed by atoms with Crippen molar-refractivity contribution in [1.29, 1.82) is 0 Å². The van der Waals surface area contributed by atoms with Gasteiger partial charge in [0, 0.05) is 13.6 Å². The molecule has 6 nitrogen and oxygen atoms in total. The Hall–Kier alpha value is -1.81. The molecule has 1 saturated heterocycles. The Labute approximate surface area is 137 Å². The molecule has 0 saturated carbocycles. The van der Waals surface area contributed by atoms with E-state index >= 15 is 0 Å². The number of likely N-dealkylation sites (N-methyl/N-ethyl adjacent to an activating group) is 1. The van der Waals surface area contributed by atoms with Crippen LogP contribution in [0.3, 0.4) is 0 Å². The maximum absolute atomic E-state index is 12.6. The molecular weight excluding hydrogens is 349 g/mol. The van der Waals surface area contributed by atoms with Crippen LogP contribution in [-0.4, -0.2) is 51.0 Å². The van der Waals surface area contributed by atoms with Gasteiger partial charge in [-0.1, -0.05) is 0 Å². The van der Waals surface area contributed by atoms with Gasteiger partial charge in [0.15, 0.2) is 6.61 Å². The first-order valence-corrected chi connectivity index (χ1v) is 8.62. The third-order valence-electron chi connectivity index (χ3n) is 3.59. The van der Waals surface area contributed by atoms with Crippen molar-refractivity contribution in [1.82, 2.24) is 9.62 Å². The first kappa shape index (κ1) is 18.5. The average Bonchev–Trinajstić information content (AvgIpc) is 3.02. The van der Waals surface area contributed by atoms with Crippen LogP contribution in [0.5, 0.6) is 5.75 Å². The molecule has 134 valence electrons. The van der Waals surface area contributed by atoms with Gasteiger partial charge in [0.2, 0.25) is 15.9 Å². The van der Waals surface area contributed by atoms with Gasteiger partial charge in [0.05, 0.1) is 4.90 Å². The van der Waals surface area contributed by atoms with Gasteiger partial charge >= 0.3 is 6.18 Å². The fourth-order valence-corrected chi connectivity index (χ4v) is 4.12. The molecule has 1 N–H and O–H groups in total. The molecule has 24 heavy (non-hydrogen) atoms. The number of rotatable bonds is 5. The van der Waals surface area contributed by atoms with E-state index in [-0.39, 0.29) is 23.1 Å². The summed E-state index contributed by atoms with van der Waals surface area (Å²) < 4.78 is 67.2. The van der Waals surface area contributed by atoms with Gasteiger partial charge in [-0.05, 0) is 37.1 Å². The first-order valence-electron chi connectivity index (χ1n) is 7.18. The van der Waals surface area contributed by atoms with Crippen LogP contribution in [0.2, 0.25) is 0 Å². The van der Waals surface area contributed by atoms with Crippen molar-refractivity contribution in [2.24, 2.45) is 0 Å². The summed E-state index contributed by atoms with van der Waals surface area (Å²) in [6, 6.07) is 3.87. The number of benzene rings is 1. The largest absolute Gasteiger partial charge is 0.484 e. The van der Waals surface area contributed by atoms with Crippen LogP contribution in [0, 0.1) is 0 Å². The van der Waals surface area contributed by atoms with E-state index in [1.165, 1.54) is 19.2 Å². The number of hydrogen-bond donors (Lipinski definition) is 1. The molecule has 1 unspecified atom stereocenters. The van der Waals surface area contributed by atoms with Crippen molar-refractivity contribution in [3.63, 3.8) is 0 Å². The van der Waals surface area contributed by atoms with Gasteiger partial charge in [-0.25, -0.2) is 8.42 Å². The molecule has 1 aliphatic rings. The predicted octanol–water partition coefficient (Wildman–Crippen LogP) is 1.53. The lowest BCUT2D eigenvalue weighted by atomic mass is 10.2. The van der Waals surface area contributed by atoms with Crippen LogP contribution in [0.25, 0.3) is 0 Å². The van der Waals surface area contributed by atoms with Gasteiger partial charge < -0.3 is 10.1 Å². The van der Waals surface area contributed by atoms with Crippen molar-refractivity contribution < 1.29 is 31.1 Å². The Morgan fingerprint density at radius 1 is 1.33 bits per heavy atom. The Bertz CT molecular complexity index is 689. The van der Waals surface area contributed by atoms with Gasteiger partial charge in [-0.2, -0.15) is 17.5 Å². The molecule has 1 fully saturated rings. The highest BCUT2D eigenvalue weighted by molar-refractivity contribution is 7.89. The Balaban J connectivity index is 2.16. The second kappa shape index (κ2) is 6.98. The molecule has 0 aliphatic carbocycles. The molecule has 1 amide bonds. The molecule has 1 aliphatic heterocycles. The number of amides is 1. The Kier molecular flexibility index (Phi) is 5.38. The number of ether oxygens (including phenoxy) is 1. The maximum Gasteiger partial charge on any atom is 0.422 e. The zero-order chi connectivity index (χ0) is 18.0. The molecule has 0 bridgehead atoms. The SMILES string of the molecule is CNC(=O)C1CCCN1S(=O)(=O)c1ccc(OCC(F)(F)F)cc1. The van der Waals surface area contributed by atoms with Crippen molar-refractivity contribution in [2.75, 3.05) is 20.2 Å². The summed E-state index contributed by atoms with van der Waals surface area (Å²) in [5, 5.41) is 2.43. The number of halogens is 3. The van der Waals surface area contributed by atoms with E-state index in [9.17, 15) is 26.4 Å². The quantitative estimate of drug-likeness (QED) is 0.858. The van der Waals surface area contributed by atoms with E-state index in [0.717, 1.165) is 16.4 Å². The van der Waals surface area contributed by atoms with E-state index in [4.69, 9.17) is 0 Å². The van der Waals surface area contributed by atoms with Crippen molar-refractivity contribution >= 4 is 15.9 Å². The minimum absolute atomic E-state index is 0.0875. The summed E-state index contributed by atoms with van der Waals surface area (Å²) >= 11 is 0. The normalized spacial score (nSPS) is 19.2. The van der Waals surface area contributed by atoms with Gasteiger partial charge in [-0.3, -0.25) is 4.79 Å². The summed E-state index contributed by atoms with van der Waals surface area (Å²) in [6.07, 6.45) is -3.49. The number of nitrogens with one attached hydrogen (secondary N) is 1. The smallest absolute Gasteiger partial charge is 0.422 e. The summed E-state index contributed by atoms with van der Waals surface area (Å²) in [5.41, 5.74) is 0. The predicted molar refractivity (Wildman–Crippen MR) is 79.0 cm³/mol. The number of alkyl halides is 3. The molecule has 0 radical (unpaired) electrons. The van der Waals surface area contributed by atoms with E-state index in [2.05, 4.69) is 10.1 Å². The topological polar surface area (TPSA) is 75.7 Å². The average molecular weight is 366 g/mol. The third kappa shape index (κ3) is 4.18. The van der Waals surface area contributed by atoms with Crippen molar-refractivity contribution in [3.8, 4) is 5.75 Å². The van der Waals surface area contributed by atoms with Crippen LogP contribution in [0.1, 0.15) is 12.8 Å². The standard InChI is InChI=1S/C14H17F3N2O4S/c1-18-13(20)12-3-2-8-19(12)24(21,22)11-6-4-10(5-7-11)23-9-14(15,16)17/h4-7,12H,2-3,8-9H2,1H3,(H,18,20). The maximum atomic E-state index is 12.6. The minimum Gasteiger partial charge on any atom is -0.484 e. The Morgan fingerprint density at radius 2 is 1.96 bits per heavy atom. The molecular formula is C14H17F3N2O4S. The Morgan fingerprint density at radius 3 is 2.50 bits per heavy atom. The monoisotopic (exact) mass is 366 g/mol. The molecule has 10 heteroatoms. The van der Waals surface area contributed by atoms with E-state index < -0.39 is 28.8 Å². The summed E-state index contributed by atoms with van der Waals surface area (Å²) in [6.45, 7) is -1.24. The number of sulfonamides is 1. The van der Waals surface area contributed by atoms with Crippen LogP contribution in [0.4, 0.5) is 13.2 Å². The van der Waals surface area contributed by atoms with Crippen molar-refractivity contribution in [3.05, 3.63) is 24.3 Å². The van der Waals surface area contributed by atoms with Crippen LogP contribution < -0.4 is 10.1 Å². The molecule has 1 aromatic rings. The van der Waals surface area contributed by atoms with E-state index in [1.807, 2.05) is 0 Å².